The van der Waals surface area contributed by atoms with Gasteiger partial charge in [0.25, 0.3) is 11.1 Å². The summed E-state index contributed by atoms with van der Waals surface area (Å²) in [5.74, 6) is -0.687. The lowest BCUT2D eigenvalue weighted by Crippen LogP contribution is -2.36. The van der Waals surface area contributed by atoms with Crippen LogP contribution in [0.4, 0.5) is 10.5 Å². The summed E-state index contributed by atoms with van der Waals surface area (Å²) >= 11 is 8.91. The fourth-order valence-electron chi connectivity index (χ4n) is 3.32. The van der Waals surface area contributed by atoms with Crippen LogP contribution in [0.5, 0.6) is 11.5 Å². The number of benzene rings is 2. The summed E-state index contributed by atoms with van der Waals surface area (Å²) in [5, 5.41) is 2.18. The van der Waals surface area contributed by atoms with Crippen LogP contribution in [0.3, 0.4) is 0 Å². The van der Waals surface area contributed by atoms with E-state index in [1.807, 2.05) is 19.9 Å². The Hall–Kier alpha value is -2.77. The number of hydrogen-bond donors (Lipinski definition) is 1. The van der Waals surface area contributed by atoms with Gasteiger partial charge in [0, 0.05) is 5.69 Å². The Morgan fingerprint density at radius 3 is 2.49 bits per heavy atom. The molecule has 0 bridgehead atoms. The van der Waals surface area contributed by atoms with Gasteiger partial charge in [-0.15, -0.1) is 0 Å². The average molecular weight is 659 g/mol. The number of ether oxygens (including phenoxy) is 3. The number of nitrogens with one attached hydrogen (secondary N) is 1. The molecule has 37 heavy (non-hydrogen) atoms. The van der Waals surface area contributed by atoms with E-state index in [9.17, 15) is 19.2 Å². The molecule has 2 aromatic rings. The Balaban J connectivity index is 1.75. The molecule has 1 saturated heterocycles. The summed E-state index contributed by atoms with van der Waals surface area (Å²) in [5.41, 5.74) is 1.01. The van der Waals surface area contributed by atoms with E-state index in [0.717, 1.165) is 20.2 Å². The fraction of sp³-hybridized carbons (Fsp3) is 0.280. The van der Waals surface area contributed by atoms with Crippen LogP contribution in [0.15, 0.2) is 35.2 Å². The third kappa shape index (κ3) is 7.17. The number of imide groups is 1. The smallest absolute Gasteiger partial charge is 0.339 e. The van der Waals surface area contributed by atoms with Gasteiger partial charge >= 0.3 is 5.97 Å². The maximum atomic E-state index is 12.9. The molecule has 1 N–H and O–H groups in total. The van der Waals surface area contributed by atoms with Crippen molar-refractivity contribution in [1.29, 1.82) is 0 Å². The molecular weight excluding hydrogens is 635 g/mol. The number of halogens is 2. The van der Waals surface area contributed by atoms with E-state index in [4.69, 9.17) is 25.8 Å². The third-order valence-corrected chi connectivity index (χ3v) is 6.88. The van der Waals surface area contributed by atoms with Crippen molar-refractivity contribution in [3.05, 3.63) is 55.0 Å². The predicted molar refractivity (Wildman–Crippen MR) is 150 cm³/mol. The molecule has 0 radical (unpaired) electrons. The van der Waals surface area contributed by atoms with Gasteiger partial charge in [0.15, 0.2) is 11.5 Å². The van der Waals surface area contributed by atoms with Crippen LogP contribution >= 0.6 is 46.0 Å². The molecule has 1 fully saturated rings. The van der Waals surface area contributed by atoms with Crippen LogP contribution in [-0.4, -0.2) is 54.3 Å². The van der Waals surface area contributed by atoms with Gasteiger partial charge in [0.2, 0.25) is 5.91 Å². The number of anilines is 1. The lowest BCUT2D eigenvalue weighted by molar-refractivity contribution is -0.127. The maximum Gasteiger partial charge on any atom is 0.339 e. The van der Waals surface area contributed by atoms with Crippen molar-refractivity contribution < 1.29 is 33.4 Å². The van der Waals surface area contributed by atoms with Gasteiger partial charge in [-0.3, -0.25) is 19.3 Å². The molecule has 0 saturated carbocycles. The second kappa shape index (κ2) is 13.2. The van der Waals surface area contributed by atoms with Gasteiger partial charge in [0.05, 0.1) is 38.9 Å². The second-order valence-corrected chi connectivity index (χ2v) is 9.99. The topological polar surface area (TPSA) is 111 Å². The van der Waals surface area contributed by atoms with E-state index in [0.29, 0.717) is 30.3 Å². The monoisotopic (exact) mass is 658 g/mol. The fourth-order valence-corrected chi connectivity index (χ4v) is 5.13. The molecule has 1 aliphatic rings. The van der Waals surface area contributed by atoms with Crippen molar-refractivity contribution in [2.45, 2.75) is 20.8 Å². The van der Waals surface area contributed by atoms with Gasteiger partial charge < -0.3 is 19.5 Å². The molecule has 0 spiro atoms. The highest BCUT2D eigenvalue weighted by Crippen LogP contribution is 2.37. The van der Waals surface area contributed by atoms with Gasteiger partial charge in [0.1, 0.15) is 6.54 Å². The number of thioether (sulfide) groups is 1. The first-order chi connectivity index (χ1) is 17.7. The van der Waals surface area contributed by atoms with Crippen LogP contribution in [0.1, 0.15) is 36.7 Å². The summed E-state index contributed by atoms with van der Waals surface area (Å²) in [6.07, 6.45) is 1.58. The SMILES string of the molecule is CCOC(=O)c1cc(NC(=O)CN2C(=O)S/C(=C/c3cc(I)c(OCC)c(OCC)c3)C2=O)ccc1Cl. The van der Waals surface area contributed by atoms with Crippen molar-refractivity contribution in [2.75, 3.05) is 31.7 Å². The van der Waals surface area contributed by atoms with Crippen LogP contribution in [0.25, 0.3) is 6.08 Å². The zero-order valence-corrected chi connectivity index (χ0v) is 24.0. The molecule has 1 heterocycles. The number of rotatable bonds is 10. The number of carbonyl (C=O) groups is 4. The van der Waals surface area contributed by atoms with E-state index in [1.54, 1.807) is 19.1 Å². The number of nitrogens with zero attached hydrogens (tertiary/aromatic N) is 1. The highest BCUT2D eigenvalue weighted by atomic mass is 127. The largest absolute Gasteiger partial charge is 0.490 e. The zero-order valence-electron chi connectivity index (χ0n) is 20.3. The molecular formula is C25H24ClIN2O7S. The van der Waals surface area contributed by atoms with Crippen LogP contribution in [-0.2, 0) is 14.3 Å². The standard InChI is InChI=1S/C25H24ClIN2O7S/c1-4-34-19-10-14(9-18(27)22(19)35-5-2)11-20-23(31)29(25(33)37-20)13-21(30)28-15-7-8-17(26)16(12-15)24(32)36-6-3/h7-12H,4-6,13H2,1-3H3,(H,28,30)/b20-11+. The first kappa shape index (κ1) is 28.8. The molecule has 12 heteroatoms. The number of amides is 3. The van der Waals surface area contributed by atoms with Gasteiger partial charge in [-0.1, -0.05) is 11.6 Å². The van der Waals surface area contributed by atoms with E-state index in [1.165, 1.54) is 18.2 Å². The maximum absolute atomic E-state index is 12.9. The lowest BCUT2D eigenvalue weighted by atomic mass is 10.2. The van der Waals surface area contributed by atoms with E-state index < -0.39 is 29.6 Å². The second-order valence-electron chi connectivity index (χ2n) is 7.43. The molecule has 3 rings (SSSR count). The Morgan fingerprint density at radius 1 is 1.08 bits per heavy atom. The molecule has 3 amide bonds. The first-order valence-corrected chi connectivity index (χ1v) is 13.6. The van der Waals surface area contributed by atoms with Crippen molar-refractivity contribution in [1.82, 2.24) is 4.90 Å². The lowest BCUT2D eigenvalue weighted by Gasteiger charge is -2.14. The normalized spacial score (nSPS) is 14.2. The Morgan fingerprint density at radius 2 is 1.81 bits per heavy atom. The third-order valence-electron chi connectivity index (χ3n) is 4.84. The minimum atomic E-state index is -0.629. The van der Waals surface area contributed by atoms with E-state index in [2.05, 4.69) is 27.9 Å². The van der Waals surface area contributed by atoms with Crippen LogP contribution in [0.2, 0.25) is 5.02 Å². The van der Waals surface area contributed by atoms with Crippen molar-refractivity contribution >= 4 is 80.7 Å². The average Bonchev–Trinajstić information content (AvgIpc) is 3.10. The minimum Gasteiger partial charge on any atom is -0.490 e. The van der Waals surface area contributed by atoms with Crippen molar-refractivity contribution in [3.63, 3.8) is 0 Å². The summed E-state index contributed by atoms with van der Waals surface area (Å²) in [6.45, 7) is 5.96. The Kier molecular flexibility index (Phi) is 10.2. The van der Waals surface area contributed by atoms with Crippen molar-refractivity contribution in [3.8, 4) is 11.5 Å². The molecule has 0 unspecified atom stereocenters. The molecule has 1 aliphatic heterocycles. The highest BCUT2D eigenvalue weighted by molar-refractivity contribution is 14.1. The van der Waals surface area contributed by atoms with Crippen LogP contribution < -0.4 is 14.8 Å². The van der Waals surface area contributed by atoms with Gasteiger partial charge in [-0.25, -0.2) is 4.79 Å². The van der Waals surface area contributed by atoms with E-state index >= 15 is 0 Å². The molecule has 0 aliphatic carbocycles. The summed E-state index contributed by atoms with van der Waals surface area (Å²) in [7, 11) is 0. The molecule has 2 aromatic carbocycles. The van der Waals surface area contributed by atoms with Gasteiger partial charge in [-0.05, 0) is 97.1 Å². The summed E-state index contributed by atoms with van der Waals surface area (Å²) in [4.78, 5) is 51.2. The summed E-state index contributed by atoms with van der Waals surface area (Å²) in [6, 6.07) is 7.87. The summed E-state index contributed by atoms with van der Waals surface area (Å²) < 4.78 is 17.1. The Labute approximate surface area is 237 Å². The Bertz CT molecular complexity index is 1270. The minimum absolute atomic E-state index is 0.0897. The highest BCUT2D eigenvalue weighted by Gasteiger charge is 2.36. The molecule has 0 atom stereocenters. The quantitative estimate of drug-likeness (QED) is 0.200. The van der Waals surface area contributed by atoms with Crippen molar-refractivity contribution in [2.24, 2.45) is 0 Å². The molecule has 0 aromatic heterocycles. The first-order valence-electron chi connectivity index (χ1n) is 11.3. The number of hydrogen-bond acceptors (Lipinski definition) is 8. The number of esters is 1. The number of carbonyl (C=O) groups excluding carboxylic acids is 4. The zero-order chi connectivity index (χ0) is 27.1. The van der Waals surface area contributed by atoms with E-state index in [-0.39, 0.29) is 27.8 Å². The molecule has 9 nitrogen and oxygen atoms in total. The van der Waals surface area contributed by atoms with Crippen LogP contribution in [0, 0.1) is 3.57 Å². The molecule has 196 valence electrons. The van der Waals surface area contributed by atoms with Gasteiger partial charge in [-0.2, -0.15) is 0 Å². The predicted octanol–water partition coefficient (Wildman–Crippen LogP) is 5.59.